The SMILES string of the molecule is CN(CCNS(=O)(=O)/C=C/c1ccccc1)C(=O)C=Cc1ccc(Br)cc1. The Hall–Kier alpha value is -2.22. The summed E-state index contributed by atoms with van der Waals surface area (Å²) in [5.41, 5.74) is 1.71. The molecule has 142 valence electrons. The van der Waals surface area contributed by atoms with E-state index in [1.54, 1.807) is 13.1 Å². The summed E-state index contributed by atoms with van der Waals surface area (Å²) >= 11 is 3.36. The lowest BCUT2D eigenvalue weighted by molar-refractivity contribution is -0.124. The molecule has 0 bridgehead atoms. The number of halogens is 1. The highest BCUT2D eigenvalue weighted by atomic mass is 79.9. The summed E-state index contributed by atoms with van der Waals surface area (Å²) in [5.74, 6) is -0.197. The smallest absolute Gasteiger partial charge is 0.246 e. The van der Waals surface area contributed by atoms with Gasteiger partial charge in [0, 0.05) is 36.1 Å². The molecule has 0 fully saturated rings. The average molecular weight is 449 g/mol. The van der Waals surface area contributed by atoms with Gasteiger partial charge in [-0.3, -0.25) is 4.79 Å². The number of amides is 1. The molecule has 0 heterocycles. The Morgan fingerprint density at radius 3 is 2.33 bits per heavy atom. The quantitative estimate of drug-likeness (QED) is 0.628. The Kier molecular flexibility index (Phi) is 7.97. The molecule has 0 aliphatic heterocycles. The predicted octanol–water partition coefficient (Wildman–Crippen LogP) is 3.51. The average Bonchev–Trinajstić information content (AvgIpc) is 2.66. The van der Waals surface area contributed by atoms with Crippen molar-refractivity contribution >= 4 is 44.0 Å². The molecular formula is C20H21BrN2O3S. The van der Waals surface area contributed by atoms with Crippen molar-refractivity contribution in [3.8, 4) is 0 Å². The van der Waals surface area contributed by atoms with Crippen LogP contribution in [0, 0.1) is 0 Å². The molecule has 0 saturated carbocycles. The summed E-state index contributed by atoms with van der Waals surface area (Å²) in [6.07, 6.45) is 4.71. The second-order valence-electron chi connectivity index (χ2n) is 5.80. The number of nitrogens with zero attached hydrogens (tertiary/aromatic N) is 1. The molecule has 0 saturated heterocycles. The third kappa shape index (κ3) is 7.90. The van der Waals surface area contributed by atoms with Crippen LogP contribution in [0.1, 0.15) is 11.1 Å². The fourth-order valence-corrected chi connectivity index (χ4v) is 3.19. The van der Waals surface area contributed by atoms with Gasteiger partial charge in [0.2, 0.25) is 15.9 Å². The first-order chi connectivity index (χ1) is 12.9. The van der Waals surface area contributed by atoms with Crippen LogP contribution >= 0.6 is 15.9 Å². The Balaban J connectivity index is 1.80. The molecule has 0 aromatic heterocycles. The zero-order chi connectivity index (χ0) is 19.7. The Bertz CT molecular complexity index is 908. The van der Waals surface area contributed by atoms with Gasteiger partial charge >= 0.3 is 0 Å². The van der Waals surface area contributed by atoms with Gasteiger partial charge in [0.25, 0.3) is 0 Å². The van der Waals surface area contributed by atoms with Crippen molar-refractivity contribution in [3.05, 3.63) is 81.7 Å². The van der Waals surface area contributed by atoms with Crippen LogP contribution in [0.5, 0.6) is 0 Å². The summed E-state index contributed by atoms with van der Waals surface area (Å²) in [6.45, 7) is 0.401. The molecule has 0 spiro atoms. The first kappa shape index (κ1) is 21.1. The minimum absolute atomic E-state index is 0.135. The van der Waals surface area contributed by atoms with E-state index in [9.17, 15) is 13.2 Å². The first-order valence-electron chi connectivity index (χ1n) is 8.27. The standard InChI is InChI=1S/C20H21BrN2O3S/c1-23(20(24)12-9-18-7-10-19(21)11-8-18)15-14-22-27(25,26)16-13-17-5-3-2-4-6-17/h2-13,16,22H,14-15H2,1H3/b12-9?,16-13+. The van der Waals surface area contributed by atoms with E-state index in [-0.39, 0.29) is 19.0 Å². The van der Waals surface area contributed by atoms with Crippen LogP contribution in [-0.4, -0.2) is 39.4 Å². The van der Waals surface area contributed by atoms with Crippen LogP contribution in [0.4, 0.5) is 0 Å². The van der Waals surface area contributed by atoms with Crippen molar-refractivity contribution in [3.63, 3.8) is 0 Å². The highest BCUT2D eigenvalue weighted by Gasteiger charge is 2.08. The molecule has 2 rings (SSSR count). The van der Waals surface area contributed by atoms with E-state index in [0.29, 0.717) is 0 Å². The van der Waals surface area contributed by atoms with E-state index in [1.807, 2.05) is 54.6 Å². The molecule has 0 aliphatic carbocycles. The normalized spacial score (nSPS) is 11.9. The number of hydrogen-bond donors (Lipinski definition) is 1. The zero-order valence-electron chi connectivity index (χ0n) is 14.9. The van der Waals surface area contributed by atoms with Crippen molar-refractivity contribution in [1.82, 2.24) is 9.62 Å². The molecule has 2 aromatic rings. The molecule has 27 heavy (non-hydrogen) atoms. The molecule has 5 nitrogen and oxygen atoms in total. The Labute approximate surface area is 168 Å². The molecule has 2 aromatic carbocycles. The van der Waals surface area contributed by atoms with Crippen molar-refractivity contribution < 1.29 is 13.2 Å². The summed E-state index contributed by atoms with van der Waals surface area (Å²) < 4.78 is 27.4. The second-order valence-corrected chi connectivity index (χ2v) is 8.36. The molecule has 0 radical (unpaired) electrons. The number of carbonyl (C=O) groups excluding carboxylic acids is 1. The third-order valence-electron chi connectivity index (χ3n) is 3.65. The van der Waals surface area contributed by atoms with Crippen molar-refractivity contribution in [2.24, 2.45) is 0 Å². The first-order valence-corrected chi connectivity index (χ1v) is 10.6. The van der Waals surface area contributed by atoms with Gasteiger partial charge in [-0.1, -0.05) is 58.4 Å². The number of nitrogens with one attached hydrogen (secondary N) is 1. The summed E-state index contributed by atoms with van der Waals surface area (Å²) in [6, 6.07) is 16.7. The van der Waals surface area contributed by atoms with E-state index in [4.69, 9.17) is 0 Å². The minimum atomic E-state index is -3.55. The number of benzene rings is 2. The van der Waals surface area contributed by atoms with E-state index >= 15 is 0 Å². The minimum Gasteiger partial charge on any atom is -0.341 e. The van der Waals surface area contributed by atoms with Crippen LogP contribution in [0.2, 0.25) is 0 Å². The lowest BCUT2D eigenvalue weighted by atomic mass is 10.2. The monoisotopic (exact) mass is 448 g/mol. The van der Waals surface area contributed by atoms with Gasteiger partial charge < -0.3 is 4.90 Å². The maximum Gasteiger partial charge on any atom is 0.246 e. The lowest BCUT2D eigenvalue weighted by Gasteiger charge is -2.15. The van der Waals surface area contributed by atoms with Gasteiger partial charge in [-0.15, -0.1) is 0 Å². The zero-order valence-corrected chi connectivity index (χ0v) is 17.3. The van der Waals surface area contributed by atoms with Crippen LogP contribution in [0.25, 0.3) is 12.2 Å². The molecule has 7 heteroatoms. The molecule has 1 N–H and O–H groups in total. The number of likely N-dealkylation sites (N-methyl/N-ethyl adjacent to an activating group) is 1. The molecule has 0 unspecified atom stereocenters. The van der Waals surface area contributed by atoms with E-state index in [0.717, 1.165) is 21.0 Å². The number of rotatable bonds is 8. The van der Waals surface area contributed by atoms with Crippen molar-refractivity contribution in [1.29, 1.82) is 0 Å². The summed E-state index contributed by atoms with van der Waals surface area (Å²) in [4.78, 5) is 13.5. The van der Waals surface area contributed by atoms with Crippen molar-refractivity contribution in [2.75, 3.05) is 20.1 Å². The predicted molar refractivity (Wildman–Crippen MR) is 113 cm³/mol. The fraction of sp³-hybridized carbons (Fsp3) is 0.150. The lowest BCUT2D eigenvalue weighted by Crippen LogP contribution is -2.34. The largest absolute Gasteiger partial charge is 0.341 e. The van der Waals surface area contributed by atoms with Gasteiger partial charge in [-0.25, -0.2) is 13.1 Å². The Morgan fingerprint density at radius 2 is 1.67 bits per heavy atom. The maximum atomic E-state index is 12.1. The van der Waals surface area contributed by atoms with Crippen LogP contribution in [0.15, 0.2) is 70.6 Å². The number of hydrogen-bond acceptors (Lipinski definition) is 3. The molecular weight excluding hydrogens is 428 g/mol. The summed E-state index contributed by atoms with van der Waals surface area (Å²) in [7, 11) is -1.92. The van der Waals surface area contributed by atoms with Crippen LogP contribution in [0.3, 0.4) is 0 Å². The van der Waals surface area contributed by atoms with Gasteiger partial charge in [0.15, 0.2) is 0 Å². The van der Waals surface area contributed by atoms with Gasteiger partial charge in [-0.05, 0) is 35.4 Å². The van der Waals surface area contributed by atoms with Crippen LogP contribution in [-0.2, 0) is 14.8 Å². The van der Waals surface area contributed by atoms with E-state index < -0.39 is 10.0 Å². The number of sulfonamides is 1. The van der Waals surface area contributed by atoms with Gasteiger partial charge in [0.1, 0.15) is 0 Å². The fourth-order valence-electron chi connectivity index (χ4n) is 2.11. The van der Waals surface area contributed by atoms with Crippen LogP contribution < -0.4 is 4.72 Å². The highest BCUT2D eigenvalue weighted by molar-refractivity contribution is 9.10. The van der Waals surface area contributed by atoms with Gasteiger partial charge in [0.05, 0.1) is 0 Å². The number of carbonyl (C=O) groups is 1. The van der Waals surface area contributed by atoms with Crippen molar-refractivity contribution in [2.45, 2.75) is 0 Å². The van der Waals surface area contributed by atoms with E-state index in [1.165, 1.54) is 17.1 Å². The molecule has 0 atom stereocenters. The van der Waals surface area contributed by atoms with E-state index in [2.05, 4.69) is 20.7 Å². The Morgan fingerprint density at radius 1 is 1.04 bits per heavy atom. The molecule has 1 amide bonds. The topological polar surface area (TPSA) is 66.5 Å². The second kappa shape index (κ2) is 10.2. The highest BCUT2D eigenvalue weighted by Crippen LogP contribution is 2.11. The maximum absolute atomic E-state index is 12.1. The third-order valence-corrected chi connectivity index (χ3v) is 5.28. The van der Waals surface area contributed by atoms with Gasteiger partial charge in [-0.2, -0.15) is 0 Å². The molecule has 0 aliphatic rings. The summed E-state index contributed by atoms with van der Waals surface area (Å²) in [5, 5.41) is 1.12.